The Balaban J connectivity index is 1.21. The van der Waals surface area contributed by atoms with E-state index in [0.717, 1.165) is 41.3 Å². The molecule has 0 amide bonds. The van der Waals surface area contributed by atoms with Crippen LogP contribution in [0.2, 0.25) is 0 Å². The molecular formula is C32H36F2N10O2. The number of nitrogens with zero attached hydrogens (tertiary/aromatic N) is 8. The van der Waals surface area contributed by atoms with Gasteiger partial charge in [-0.2, -0.15) is 0 Å². The van der Waals surface area contributed by atoms with Gasteiger partial charge in [0.2, 0.25) is 5.95 Å². The number of hydrogen-bond donors (Lipinski definition) is 2. The lowest BCUT2D eigenvalue weighted by atomic mass is 10.1. The first-order chi connectivity index (χ1) is 22.2. The molecular weight excluding hydrogens is 594 g/mol. The zero-order valence-electron chi connectivity index (χ0n) is 26.0. The number of halogens is 2. The first-order valence-electron chi connectivity index (χ1n) is 15.6. The van der Waals surface area contributed by atoms with Crippen molar-refractivity contribution in [3.05, 3.63) is 41.9 Å². The first kappa shape index (κ1) is 29.0. The van der Waals surface area contributed by atoms with Gasteiger partial charge in [0.15, 0.2) is 5.82 Å². The molecule has 4 aromatic rings. The van der Waals surface area contributed by atoms with E-state index in [4.69, 9.17) is 29.8 Å². The monoisotopic (exact) mass is 630 g/mol. The Bertz CT molecular complexity index is 1850. The summed E-state index contributed by atoms with van der Waals surface area (Å²) < 4.78 is 42.0. The molecule has 46 heavy (non-hydrogen) atoms. The molecule has 2 N–H and O–H groups in total. The van der Waals surface area contributed by atoms with E-state index in [1.54, 1.807) is 25.6 Å². The van der Waals surface area contributed by atoms with E-state index in [9.17, 15) is 8.78 Å². The topological polar surface area (TPSA) is 121 Å². The number of methoxy groups -OCH3 is 1. The standard InChI is InChI=1S/C32H36F2N10O2/c1-18-22(12-35)24(9-25(37-18)23-13-36-5-4-27(23)45-3)38-28-10-26-29(30(39-28)44-15-21-8-19(44)16-46-21)40-31(41(26)2)42-6-7-43-17-32(33,34)11-20(43)14-42/h4-5,9-10,12-13,19-21,35H,6-8,11,14-17H2,1-3H3,(H,37,38,39)/t19-,20-,21?/m1/s1. The largest absolute Gasteiger partial charge is 0.496 e. The molecule has 0 aromatic carbocycles. The van der Waals surface area contributed by atoms with E-state index >= 15 is 0 Å². The number of hydrogen-bond acceptors (Lipinski definition) is 11. The van der Waals surface area contributed by atoms with Crippen LogP contribution in [0.15, 0.2) is 30.6 Å². The Hall–Kier alpha value is -4.43. The Morgan fingerprint density at radius 2 is 2.02 bits per heavy atom. The molecule has 12 nitrogen and oxygen atoms in total. The molecule has 1 unspecified atom stereocenters. The number of nitrogens with one attached hydrogen (secondary N) is 2. The third kappa shape index (κ3) is 4.81. The minimum Gasteiger partial charge on any atom is -0.496 e. The Morgan fingerprint density at radius 3 is 2.78 bits per heavy atom. The third-order valence-corrected chi connectivity index (χ3v) is 9.79. The molecule has 2 bridgehead atoms. The molecule has 4 aliphatic heterocycles. The van der Waals surface area contributed by atoms with Gasteiger partial charge in [0.05, 0.1) is 54.9 Å². The van der Waals surface area contributed by atoms with E-state index in [-0.39, 0.29) is 31.2 Å². The summed E-state index contributed by atoms with van der Waals surface area (Å²) in [6.45, 7) is 4.77. The van der Waals surface area contributed by atoms with Gasteiger partial charge in [-0.25, -0.2) is 18.7 Å². The highest BCUT2D eigenvalue weighted by molar-refractivity contribution is 5.94. The number of anilines is 4. The molecule has 0 aliphatic carbocycles. The maximum Gasteiger partial charge on any atom is 0.262 e. The van der Waals surface area contributed by atoms with Crippen LogP contribution in [0.4, 0.5) is 32.1 Å². The van der Waals surface area contributed by atoms with E-state index in [1.807, 2.05) is 35.6 Å². The number of ether oxygens (including phenoxy) is 2. The van der Waals surface area contributed by atoms with Crippen LogP contribution in [0.25, 0.3) is 22.3 Å². The molecule has 8 heterocycles. The number of fused-ring (bicyclic) bond motifs is 4. The lowest BCUT2D eigenvalue weighted by Gasteiger charge is -2.37. The van der Waals surface area contributed by atoms with Crippen molar-refractivity contribution in [3.8, 4) is 17.0 Å². The van der Waals surface area contributed by atoms with Crippen LogP contribution in [-0.4, -0.2) is 106 Å². The summed E-state index contributed by atoms with van der Waals surface area (Å²) >= 11 is 0. The van der Waals surface area contributed by atoms with Crippen molar-refractivity contribution in [1.82, 2.24) is 29.4 Å². The molecule has 8 rings (SSSR count). The fourth-order valence-electron chi connectivity index (χ4n) is 7.54. The second-order valence-electron chi connectivity index (χ2n) is 12.7. The van der Waals surface area contributed by atoms with Gasteiger partial charge >= 0.3 is 0 Å². The van der Waals surface area contributed by atoms with Gasteiger partial charge in [-0.3, -0.25) is 14.9 Å². The van der Waals surface area contributed by atoms with Crippen LogP contribution >= 0.6 is 0 Å². The zero-order chi connectivity index (χ0) is 31.7. The molecule has 0 radical (unpaired) electrons. The highest BCUT2D eigenvalue weighted by atomic mass is 19.3. The maximum absolute atomic E-state index is 14.2. The van der Waals surface area contributed by atoms with Gasteiger partial charge in [0.1, 0.15) is 17.1 Å². The van der Waals surface area contributed by atoms with E-state index in [0.29, 0.717) is 60.4 Å². The SMILES string of the molecule is COc1ccncc1-c1cc(Nc2cc3c(nc(N4CCN5CC(F)(F)C[C@@H]5C4)n3C)c(N3CC4C[C@@H]3CO4)n2)c(C=N)c(C)n1. The molecule has 3 atom stereocenters. The molecule has 4 aromatic heterocycles. The van der Waals surface area contributed by atoms with E-state index in [1.165, 1.54) is 6.21 Å². The summed E-state index contributed by atoms with van der Waals surface area (Å²) in [5, 5.41) is 11.7. The summed E-state index contributed by atoms with van der Waals surface area (Å²) in [5.74, 6) is 0.105. The molecule has 0 spiro atoms. The summed E-state index contributed by atoms with van der Waals surface area (Å²) in [4.78, 5) is 25.6. The van der Waals surface area contributed by atoms with Crippen LogP contribution in [0.3, 0.4) is 0 Å². The van der Waals surface area contributed by atoms with E-state index in [2.05, 4.69) is 20.1 Å². The van der Waals surface area contributed by atoms with Crippen LogP contribution < -0.4 is 19.9 Å². The first-order valence-corrected chi connectivity index (χ1v) is 15.6. The van der Waals surface area contributed by atoms with Gasteiger partial charge in [0.25, 0.3) is 5.92 Å². The number of aromatic nitrogens is 5. The van der Waals surface area contributed by atoms with Crippen molar-refractivity contribution in [3.63, 3.8) is 0 Å². The zero-order valence-corrected chi connectivity index (χ0v) is 26.0. The number of alkyl halides is 2. The molecule has 0 saturated carbocycles. The highest BCUT2D eigenvalue weighted by Crippen LogP contribution is 2.40. The van der Waals surface area contributed by atoms with Crippen molar-refractivity contribution >= 4 is 40.5 Å². The number of piperazine rings is 1. The second kappa shape index (κ2) is 10.8. The molecule has 4 fully saturated rings. The average molecular weight is 631 g/mol. The molecule has 14 heteroatoms. The average Bonchev–Trinajstić information content (AvgIpc) is 3.82. The Morgan fingerprint density at radius 1 is 1.15 bits per heavy atom. The van der Waals surface area contributed by atoms with Crippen LogP contribution in [0.1, 0.15) is 24.1 Å². The van der Waals surface area contributed by atoms with Gasteiger partial charge < -0.3 is 34.6 Å². The minimum absolute atomic E-state index is 0.126. The van der Waals surface area contributed by atoms with Crippen LogP contribution in [-0.2, 0) is 11.8 Å². The molecule has 240 valence electrons. The quantitative estimate of drug-likeness (QED) is 0.290. The van der Waals surface area contributed by atoms with Gasteiger partial charge in [-0.05, 0) is 25.5 Å². The summed E-state index contributed by atoms with van der Waals surface area (Å²) in [5.41, 5.74) is 5.03. The number of morpholine rings is 1. The number of aryl methyl sites for hydroxylation is 2. The fourth-order valence-corrected chi connectivity index (χ4v) is 7.54. The maximum atomic E-state index is 14.2. The van der Waals surface area contributed by atoms with Crippen molar-refractivity contribution in [1.29, 1.82) is 5.41 Å². The molecule has 4 aliphatic rings. The van der Waals surface area contributed by atoms with E-state index < -0.39 is 5.92 Å². The Labute approximate surface area is 264 Å². The highest BCUT2D eigenvalue weighted by Gasteiger charge is 2.47. The lowest BCUT2D eigenvalue weighted by Crippen LogP contribution is -2.50. The van der Waals surface area contributed by atoms with Crippen molar-refractivity contribution in [2.45, 2.75) is 43.9 Å². The van der Waals surface area contributed by atoms with Crippen molar-refractivity contribution < 1.29 is 18.3 Å². The van der Waals surface area contributed by atoms with Crippen LogP contribution in [0, 0.1) is 12.3 Å². The second-order valence-corrected chi connectivity index (χ2v) is 12.7. The normalized spacial score (nSPS) is 23.7. The fraction of sp³-hybridized carbons (Fsp3) is 0.469. The predicted molar refractivity (Wildman–Crippen MR) is 171 cm³/mol. The number of imidazole rings is 1. The Kier molecular flexibility index (Phi) is 6.83. The minimum atomic E-state index is -2.65. The van der Waals surface area contributed by atoms with Gasteiger partial charge in [-0.1, -0.05) is 0 Å². The van der Waals surface area contributed by atoms with Crippen LogP contribution in [0.5, 0.6) is 5.75 Å². The number of pyridine rings is 3. The smallest absolute Gasteiger partial charge is 0.262 e. The van der Waals surface area contributed by atoms with Gasteiger partial charge in [0, 0.05) is 81.6 Å². The summed E-state index contributed by atoms with van der Waals surface area (Å²) in [7, 11) is 3.58. The lowest BCUT2D eigenvalue weighted by molar-refractivity contribution is 0.0125. The predicted octanol–water partition coefficient (Wildman–Crippen LogP) is 3.99. The third-order valence-electron chi connectivity index (χ3n) is 9.79. The summed E-state index contributed by atoms with van der Waals surface area (Å²) in [6.07, 6.45) is 5.64. The summed E-state index contributed by atoms with van der Waals surface area (Å²) in [6, 6.07) is 5.64. The van der Waals surface area contributed by atoms with Crippen molar-refractivity contribution in [2.24, 2.45) is 7.05 Å². The number of rotatable bonds is 7. The van der Waals surface area contributed by atoms with Crippen molar-refractivity contribution in [2.75, 3.05) is 61.6 Å². The van der Waals surface area contributed by atoms with Gasteiger partial charge in [-0.15, -0.1) is 0 Å². The molecule has 4 saturated heterocycles.